The molecule has 0 saturated heterocycles. The van der Waals surface area contributed by atoms with Gasteiger partial charge in [-0.1, -0.05) is 135 Å². The number of rotatable bonds is 32. The van der Waals surface area contributed by atoms with Crippen LogP contribution in [0.1, 0.15) is 200 Å². The minimum atomic E-state index is -0.744. The molecule has 0 aliphatic rings. The zero-order valence-corrected chi connectivity index (χ0v) is 26.9. The summed E-state index contributed by atoms with van der Waals surface area (Å²) in [5, 5.41) is 8.87. The summed E-state index contributed by atoms with van der Waals surface area (Å²) >= 11 is 0. The monoisotopic (exact) mass is 565 g/mol. The lowest BCUT2D eigenvalue weighted by molar-refractivity contribution is -0.150. The fourth-order valence-corrected chi connectivity index (χ4v) is 5.35. The summed E-state index contributed by atoms with van der Waals surface area (Å²) in [6.45, 7) is 4.50. The second-order valence-corrected chi connectivity index (χ2v) is 12.1. The Morgan fingerprint density at radius 2 is 0.900 bits per heavy atom. The first-order chi connectivity index (χ1) is 19.6. The van der Waals surface area contributed by atoms with Crippen LogP contribution in [0.3, 0.4) is 0 Å². The highest BCUT2D eigenvalue weighted by molar-refractivity contribution is 5.69. The smallest absolute Gasteiger partial charge is 0.306 e. The molecule has 236 valence electrons. The third kappa shape index (κ3) is 31.2. The van der Waals surface area contributed by atoms with Crippen molar-refractivity contribution in [2.24, 2.45) is 0 Å². The molecule has 1 atom stereocenters. The Morgan fingerprint density at radius 3 is 1.38 bits per heavy atom. The third-order valence-electron chi connectivity index (χ3n) is 7.99. The lowest BCUT2D eigenvalue weighted by Crippen LogP contribution is -2.18. The molecule has 0 fully saturated rings. The molecule has 0 spiro atoms. The van der Waals surface area contributed by atoms with Crippen molar-refractivity contribution in [3.8, 4) is 0 Å². The van der Waals surface area contributed by atoms with Crippen LogP contribution in [0.4, 0.5) is 0 Å². The van der Waals surface area contributed by atoms with Gasteiger partial charge in [-0.3, -0.25) is 9.59 Å². The number of esters is 1. The summed E-state index contributed by atoms with van der Waals surface area (Å²) in [5.41, 5.74) is 0. The molecule has 0 saturated carbocycles. The van der Waals surface area contributed by atoms with Gasteiger partial charge in [-0.05, 0) is 64.2 Å². The molecule has 0 rings (SSSR count). The minimum Gasteiger partial charge on any atom is -0.481 e. The lowest BCUT2D eigenvalue weighted by Gasteiger charge is -2.18. The number of hydrogen-bond acceptors (Lipinski definition) is 3. The highest BCUT2D eigenvalue weighted by Crippen LogP contribution is 2.18. The Kier molecular flexibility index (Phi) is 31.1. The number of carboxylic acid groups (broad SMARTS) is 1. The molecule has 1 unspecified atom stereocenters. The standard InChI is InChI=1S/C36H68O4/c1-3-5-7-9-11-12-13-14-15-16-17-18-19-20-21-22-23-25-27-33-36(39)40-34(31-28-29-32-35(37)38)30-26-24-10-8-6-4-2/h14-15,34H,3-13,16-33H2,1-2H3,(H,37,38)/b15-14-. The van der Waals surface area contributed by atoms with Gasteiger partial charge in [-0.15, -0.1) is 0 Å². The lowest BCUT2D eigenvalue weighted by atomic mass is 10.0. The largest absolute Gasteiger partial charge is 0.481 e. The van der Waals surface area contributed by atoms with Crippen molar-refractivity contribution in [2.45, 2.75) is 206 Å². The molecule has 1 N–H and O–H groups in total. The average molecular weight is 565 g/mol. The molecular formula is C36H68O4. The van der Waals surface area contributed by atoms with Crippen molar-refractivity contribution >= 4 is 11.9 Å². The fourth-order valence-electron chi connectivity index (χ4n) is 5.35. The third-order valence-corrected chi connectivity index (χ3v) is 7.99. The molecule has 0 heterocycles. The molecular weight excluding hydrogens is 496 g/mol. The zero-order chi connectivity index (χ0) is 29.4. The molecule has 0 radical (unpaired) electrons. The predicted molar refractivity (Wildman–Crippen MR) is 172 cm³/mol. The Bertz CT molecular complexity index is 571. The van der Waals surface area contributed by atoms with Crippen LogP contribution in [0.15, 0.2) is 12.2 Å². The molecule has 0 amide bonds. The molecule has 0 bridgehead atoms. The average Bonchev–Trinajstić information content (AvgIpc) is 2.93. The molecule has 4 nitrogen and oxygen atoms in total. The number of unbranched alkanes of at least 4 members (excludes halogenated alkanes) is 21. The van der Waals surface area contributed by atoms with E-state index in [9.17, 15) is 9.59 Å². The fraction of sp³-hybridized carbons (Fsp3) is 0.889. The van der Waals surface area contributed by atoms with Crippen LogP contribution in [0.2, 0.25) is 0 Å². The van der Waals surface area contributed by atoms with Gasteiger partial charge in [-0.2, -0.15) is 0 Å². The van der Waals surface area contributed by atoms with E-state index in [2.05, 4.69) is 26.0 Å². The quantitative estimate of drug-likeness (QED) is 0.0501. The van der Waals surface area contributed by atoms with Crippen LogP contribution in [0, 0.1) is 0 Å². The van der Waals surface area contributed by atoms with Crippen LogP contribution in [0.25, 0.3) is 0 Å². The first kappa shape index (κ1) is 38.7. The predicted octanol–water partition coefficient (Wildman–Crippen LogP) is 11.9. The number of aliphatic carboxylic acids is 1. The van der Waals surface area contributed by atoms with Gasteiger partial charge in [0, 0.05) is 12.8 Å². The maximum atomic E-state index is 12.4. The molecule has 0 aromatic carbocycles. The first-order valence-electron chi connectivity index (χ1n) is 17.7. The van der Waals surface area contributed by atoms with E-state index in [-0.39, 0.29) is 18.5 Å². The van der Waals surface area contributed by atoms with E-state index in [0.717, 1.165) is 38.5 Å². The summed E-state index contributed by atoms with van der Waals surface area (Å²) in [7, 11) is 0. The van der Waals surface area contributed by atoms with E-state index in [1.807, 2.05) is 0 Å². The maximum Gasteiger partial charge on any atom is 0.306 e. The molecule has 0 aromatic heterocycles. The van der Waals surface area contributed by atoms with E-state index in [0.29, 0.717) is 12.8 Å². The van der Waals surface area contributed by atoms with Gasteiger partial charge in [0.05, 0.1) is 0 Å². The number of carbonyl (C=O) groups is 2. The van der Waals surface area contributed by atoms with Crippen molar-refractivity contribution in [1.82, 2.24) is 0 Å². The van der Waals surface area contributed by atoms with Crippen LogP contribution in [-0.4, -0.2) is 23.1 Å². The number of carbonyl (C=O) groups excluding carboxylic acids is 1. The van der Waals surface area contributed by atoms with Crippen molar-refractivity contribution in [2.75, 3.05) is 0 Å². The summed E-state index contributed by atoms with van der Waals surface area (Å²) < 4.78 is 5.83. The zero-order valence-electron chi connectivity index (χ0n) is 26.9. The van der Waals surface area contributed by atoms with Crippen molar-refractivity contribution in [3.05, 3.63) is 12.2 Å². The SMILES string of the molecule is CCCCCCCC/C=C\CCCCCCCCCCCC(=O)OC(CCCCCCCC)CCCCC(=O)O. The normalized spacial score (nSPS) is 12.2. The van der Waals surface area contributed by atoms with Crippen LogP contribution < -0.4 is 0 Å². The van der Waals surface area contributed by atoms with Gasteiger partial charge >= 0.3 is 11.9 Å². The van der Waals surface area contributed by atoms with Crippen LogP contribution in [0.5, 0.6) is 0 Å². The summed E-state index contributed by atoms with van der Waals surface area (Å²) in [6, 6.07) is 0. The van der Waals surface area contributed by atoms with Gasteiger partial charge in [0.15, 0.2) is 0 Å². The van der Waals surface area contributed by atoms with E-state index < -0.39 is 5.97 Å². The molecule has 0 aliphatic heterocycles. The van der Waals surface area contributed by atoms with Crippen LogP contribution in [-0.2, 0) is 14.3 Å². The summed E-state index contributed by atoms with van der Waals surface area (Å²) in [5.74, 6) is -0.804. The molecule has 0 aliphatic carbocycles. The van der Waals surface area contributed by atoms with Crippen LogP contribution >= 0.6 is 0 Å². The van der Waals surface area contributed by atoms with E-state index in [4.69, 9.17) is 9.84 Å². The van der Waals surface area contributed by atoms with Crippen molar-refractivity contribution in [3.63, 3.8) is 0 Å². The Hall–Kier alpha value is -1.32. The Morgan fingerprint density at radius 1 is 0.525 bits per heavy atom. The Balaban J connectivity index is 3.71. The minimum absolute atomic E-state index is 0.0386. The molecule has 0 aromatic rings. The van der Waals surface area contributed by atoms with Gasteiger partial charge in [0.1, 0.15) is 6.10 Å². The van der Waals surface area contributed by atoms with E-state index in [1.54, 1.807) is 0 Å². The number of hydrogen-bond donors (Lipinski definition) is 1. The van der Waals surface area contributed by atoms with E-state index >= 15 is 0 Å². The summed E-state index contributed by atoms with van der Waals surface area (Å²) in [4.78, 5) is 23.2. The highest BCUT2D eigenvalue weighted by Gasteiger charge is 2.14. The second-order valence-electron chi connectivity index (χ2n) is 12.1. The first-order valence-corrected chi connectivity index (χ1v) is 17.7. The van der Waals surface area contributed by atoms with Gasteiger partial charge < -0.3 is 9.84 Å². The number of ether oxygens (including phenoxy) is 1. The summed E-state index contributed by atoms with van der Waals surface area (Å²) in [6.07, 6.45) is 38.1. The molecule has 4 heteroatoms. The topological polar surface area (TPSA) is 63.6 Å². The van der Waals surface area contributed by atoms with Gasteiger partial charge in [0.2, 0.25) is 0 Å². The van der Waals surface area contributed by atoms with Crippen molar-refractivity contribution in [1.29, 1.82) is 0 Å². The number of carboxylic acids is 1. The maximum absolute atomic E-state index is 12.4. The number of allylic oxidation sites excluding steroid dienone is 2. The molecule has 40 heavy (non-hydrogen) atoms. The Labute approximate surface area is 249 Å². The van der Waals surface area contributed by atoms with Gasteiger partial charge in [-0.25, -0.2) is 0 Å². The van der Waals surface area contributed by atoms with Gasteiger partial charge in [0.25, 0.3) is 0 Å². The highest BCUT2D eigenvalue weighted by atomic mass is 16.5. The van der Waals surface area contributed by atoms with Crippen molar-refractivity contribution < 1.29 is 19.4 Å². The second kappa shape index (κ2) is 32.2. The van der Waals surface area contributed by atoms with E-state index in [1.165, 1.54) is 128 Å².